The van der Waals surface area contributed by atoms with Gasteiger partial charge in [0, 0.05) is 24.9 Å². The summed E-state index contributed by atoms with van der Waals surface area (Å²) in [6.45, 7) is 0. The standard InChI is InChI=1S/C13H11F2NO/c14-11-5-9(6-12(15)8-11)7-13(17)10-1-3-16-4-2-10/h1-6,8,13,17H,7H2. The summed E-state index contributed by atoms with van der Waals surface area (Å²) < 4.78 is 25.9. The number of nitrogens with zero attached hydrogens (tertiary/aromatic N) is 1. The summed E-state index contributed by atoms with van der Waals surface area (Å²) in [6.07, 6.45) is 2.49. The molecule has 17 heavy (non-hydrogen) atoms. The van der Waals surface area contributed by atoms with Gasteiger partial charge in [-0.15, -0.1) is 0 Å². The van der Waals surface area contributed by atoms with E-state index in [2.05, 4.69) is 4.98 Å². The maximum atomic E-state index is 12.9. The Kier molecular flexibility index (Phi) is 3.44. The van der Waals surface area contributed by atoms with Crippen LogP contribution >= 0.6 is 0 Å². The zero-order chi connectivity index (χ0) is 12.3. The first-order valence-corrected chi connectivity index (χ1v) is 5.18. The fourth-order valence-corrected chi connectivity index (χ4v) is 1.66. The number of pyridine rings is 1. The van der Waals surface area contributed by atoms with Crippen LogP contribution in [0.15, 0.2) is 42.7 Å². The predicted octanol–water partition coefficient (Wildman–Crippen LogP) is 2.64. The molecule has 0 bridgehead atoms. The van der Waals surface area contributed by atoms with Crippen molar-refractivity contribution in [2.75, 3.05) is 0 Å². The Morgan fingerprint density at radius 1 is 1.06 bits per heavy atom. The first-order valence-electron chi connectivity index (χ1n) is 5.18. The first-order chi connectivity index (χ1) is 8.15. The lowest BCUT2D eigenvalue weighted by Gasteiger charge is -2.10. The minimum Gasteiger partial charge on any atom is -0.388 e. The van der Waals surface area contributed by atoms with Crippen LogP contribution in [0.5, 0.6) is 0 Å². The van der Waals surface area contributed by atoms with Crippen LogP contribution in [0.3, 0.4) is 0 Å². The smallest absolute Gasteiger partial charge is 0.126 e. The van der Waals surface area contributed by atoms with Crippen LogP contribution in [-0.4, -0.2) is 10.1 Å². The highest BCUT2D eigenvalue weighted by Gasteiger charge is 2.09. The fourth-order valence-electron chi connectivity index (χ4n) is 1.66. The molecular formula is C13H11F2NO. The summed E-state index contributed by atoms with van der Waals surface area (Å²) >= 11 is 0. The second-order valence-electron chi connectivity index (χ2n) is 3.78. The van der Waals surface area contributed by atoms with E-state index in [1.54, 1.807) is 24.5 Å². The third-order valence-electron chi connectivity index (χ3n) is 2.44. The third-order valence-corrected chi connectivity index (χ3v) is 2.44. The number of aliphatic hydroxyl groups is 1. The molecule has 0 saturated heterocycles. The Bertz CT molecular complexity index is 482. The van der Waals surface area contributed by atoms with Crippen molar-refractivity contribution in [1.82, 2.24) is 4.98 Å². The van der Waals surface area contributed by atoms with Gasteiger partial charge in [0.15, 0.2) is 0 Å². The van der Waals surface area contributed by atoms with Gasteiger partial charge in [0.1, 0.15) is 11.6 Å². The summed E-state index contributed by atoms with van der Waals surface area (Å²) in [5.74, 6) is -1.27. The Balaban J connectivity index is 2.16. The van der Waals surface area contributed by atoms with Crippen molar-refractivity contribution in [1.29, 1.82) is 0 Å². The van der Waals surface area contributed by atoms with E-state index in [1.165, 1.54) is 12.1 Å². The molecule has 1 aromatic carbocycles. The minimum atomic E-state index is -0.792. The van der Waals surface area contributed by atoms with E-state index in [4.69, 9.17) is 0 Å². The van der Waals surface area contributed by atoms with Crippen LogP contribution in [-0.2, 0) is 6.42 Å². The molecule has 0 aliphatic rings. The summed E-state index contributed by atoms with van der Waals surface area (Å²) in [5.41, 5.74) is 1.09. The van der Waals surface area contributed by atoms with E-state index in [0.717, 1.165) is 6.07 Å². The van der Waals surface area contributed by atoms with Crippen molar-refractivity contribution in [2.45, 2.75) is 12.5 Å². The molecule has 2 nitrogen and oxygen atoms in total. The molecule has 0 fully saturated rings. The molecule has 2 aromatic rings. The van der Waals surface area contributed by atoms with Crippen LogP contribution < -0.4 is 0 Å². The molecule has 0 amide bonds. The van der Waals surface area contributed by atoms with E-state index in [9.17, 15) is 13.9 Å². The molecule has 88 valence electrons. The number of hydrogen-bond acceptors (Lipinski definition) is 2. The number of benzene rings is 1. The zero-order valence-electron chi connectivity index (χ0n) is 8.98. The Morgan fingerprint density at radius 2 is 1.65 bits per heavy atom. The maximum absolute atomic E-state index is 12.9. The number of hydrogen-bond donors (Lipinski definition) is 1. The van der Waals surface area contributed by atoms with Gasteiger partial charge in [-0.2, -0.15) is 0 Å². The van der Waals surface area contributed by atoms with Crippen LogP contribution in [0.25, 0.3) is 0 Å². The lowest BCUT2D eigenvalue weighted by molar-refractivity contribution is 0.178. The number of rotatable bonds is 3. The molecule has 0 spiro atoms. The van der Waals surface area contributed by atoms with E-state index in [-0.39, 0.29) is 6.42 Å². The van der Waals surface area contributed by atoms with Crippen molar-refractivity contribution in [2.24, 2.45) is 0 Å². The summed E-state index contributed by atoms with van der Waals surface area (Å²) in [7, 11) is 0. The van der Waals surface area contributed by atoms with E-state index >= 15 is 0 Å². The van der Waals surface area contributed by atoms with Gasteiger partial charge in [-0.3, -0.25) is 4.98 Å². The van der Waals surface area contributed by atoms with E-state index in [0.29, 0.717) is 11.1 Å². The monoisotopic (exact) mass is 235 g/mol. The normalized spacial score (nSPS) is 12.4. The van der Waals surface area contributed by atoms with Gasteiger partial charge in [-0.05, 0) is 35.4 Å². The predicted molar refractivity (Wildman–Crippen MR) is 59.3 cm³/mol. The molecule has 4 heteroatoms. The van der Waals surface area contributed by atoms with Crippen LogP contribution in [0.4, 0.5) is 8.78 Å². The van der Waals surface area contributed by atoms with Crippen molar-refractivity contribution >= 4 is 0 Å². The lowest BCUT2D eigenvalue weighted by atomic mass is 10.0. The average Bonchev–Trinajstić information content (AvgIpc) is 2.28. The summed E-state index contributed by atoms with van der Waals surface area (Å²) in [4.78, 5) is 3.83. The molecule has 0 radical (unpaired) electrons. The largest absolute Gasteiger partial charge is 0.388 e. The average molecular weight is 235 g/mol. The van der Waals surface area contributed by atoms with Gasteiger partial charge in [0.2, 0.25) is 0 Å². The van der Waals surface area contributed by atoms with Crippen molar-refractivity contribution < 1.29 is 13.9 Å². The Hall–Kier alpha value is -1.81. The highest BCUT2D eigenvalue weighted by atomic mass is 19.1. The van der Waals surface area contributed by atoms with Gasteiger partial charge in [-0.25, -0.2) is 8.78 Å². The van der Waals surface area contributed by atoms with Crippen LogP contribution in [0.1, 0.15) is 17.2 Å². The molecule has 1 aromatic heterocycles. The molecule has 1 unspecified atom stereocenters. The van der Waals surface area contributed by atoms with Gasteiger partial charge in [0.05, 0.1) is 6.10 Å². The van der Waals surface area contributed by atoms with Crippen LogP contribution in [0.2, 0.25) is 0 Å². The third kappa shape index (κ3) is 3.07. The van der Waals surface area contributed by atoms with Crippen molar-refractivity contribution in [3.63, 3.8) is 0 Å². The summed E-state index contributed by atoms with van der Waals surface area (Å²) in [6, 6.07) is 6.57. The van der Waals surface area contributed by atoms with Gasteiger partial charge >= 0.3 is 0 Å². The molecule has 0 aliphatic carbocycles. The number of aromatic nitrogens is 1. The van der Waals surface area contributed by atoms with Crippen LogP contribution in [0, 0.1) is 11.6 Å². The molecule has 1 heterocycles. The quantitative estimate of drug-likeness (QED) is 0.887. The number of aliphatic hydroxyl groups excluding tert-OH is 1. The van der Waals surface area contributed by atoms with Gasteiger partial charge < -0.3 is 5.11 Å². The molecular weight excluding hydrogens is 224 g/mol. The van der Waals surface area contributed by atoms with Gasteiger partial charge in [0.25, 0.3) is 0 Å². The highest BCUT2D eigenvalue weighted by molar-refractivity contribution is 5.22. The molecule has 1 atom stereocenters. The SMILES string of the molecule is OC(Cc1cc(F)cc(F)c1)c1ccncc1. The molecule has 1 N–H and O–H groups in total. The second-order valence-corrected chi connectivity index (χ2v) is 3.78. The Labute approximate surface area is 97.6 Å². The van der Waals surface area contributed by atoms with Crippen molar-refractivity contribution in [3.05, 3.63) is 65.5 Å². The zero-order valence-corrected chi connectivity index (χ0v) is 8.98. The fraction of sp³-hybridized carbons (Fsp3) is 0.154. The highest BCUT2D eigenvalue weighted by Crippen LogP contribution is 2.18. The maximum Gasteiger partial charge on any atom is 0.126 e. The topological polar surface area (TPSA) is 33.1 Å². The minimum absolute atomic E-state index is 0.165. The molecule has 0 aliphatic heterocycles. The Morgan fingerprint density at radius 3 is 2.24 bits per heavy atom. The number of halogens is 2. The lowest BCUT2D eigenvalue weighted by Crippen LogP contribution is -2.02. The summed E-state index contributed by atoms with van der Waals surface area (Å²) in [5, 5.41) is 9.88. The van der Waals surface area contributed by atoms with E-state index in [1.807, 2.05) is 0 Å². The van der Waals surface area contributed by atoms with Crippen molar-refractivity contribution in [3.8, 4) is 0 Å². The van der Waals surface area contributed by atoms with E-state index < -0.39 is 17.7 Å². The van der Waals surface area contributed by atoms with Gasteiger partial charge in [-0.1, -0.05) is 0 Å². The molecule has 0 saturated carbocycles. The molecule has 2 rings (SSSR count). The second kappa shape index (κ2) is 5.01. The first kappa shape index (κ1) is 11.7.